The van der Waals surface area contributed by atoms with Crippen LogP contribution in [0.1, 0.15) is 25.0 Å². The number of benzene rings is 4. The second-order valence-corrected chi connectivity index (χ2v) is 9.35. The first kappa shape index (κ1) is 21.2. The molecule has 1 aliphatic rings. The zero-order valence-corrected chi connectivity index (χ0v) is 21.1. The Labute approximate surface area is 213 Å². The predicted octanol–water partition coefficient (Wildman–Crippen LogP) is 7.51. The number of aromatic nitrogens is 2. The Hall–Kier alpha value is -3.35. The molecule has 0 saturated carbocycles. The van der Waals surface area contributed by atoms with E-state index in [1.165, 1.54) is 0 Å². The van der Waals surface area contributed by atoms with Gasteiger partial charge in [-0.15, -0.1) is 70.8 Å². The third-order valence-corrected chi connectivity index (χ3v) is 6.99. The quantitative estimate of drug-likeness (QED) is 0.131. The number of hydrogen-bond donors (Lipinski definition) is 0. The van der Waals surface area contributed by atoms with Crippen LogP contribution in [0.25, 0.3) is 55.1 Å². The molecule has 0 saturated heterocycles. The van der Waals surface area contributed by atoms with E-state index in [-0.39, 0.29) is 26.5 Å². The van der Waals surface area contributed by atoms with E-state index in [2.05, 4.69) is 111 Å². The smallest absolute Gasteiger partial charge is 0.296 e. The Morgan fingerprint density at radius 3 is 1.50 bits per heavy atom. The van der Waals surface area contributed by atoms with Crippen LogP contribution in [0.15, 0.2) is 84.9 Å². The Morgan fingerprint density at radius 2 is 1.00 bits per heavy atom. The molecule has 3 heterocycles. The molecule has 3 heteroatoms. The standard InChI is InChI=1S/C31H20N2.Pt/c1-31(2)24-7-3-5-22(17-24)26-15-13-20-11-9-19-10-12-21-14-16-27(23-6-4-8-25(31)18-23)33-30(21)28(19)29(20)32-26;/h3-16H,1-2H3;/q-2;+2. The van der Waals surface area contributed by atoms with Gasteiger partial charge in [0.25, 0.3) is 0 Å². The summed E-state index contributed by atoms with van der Waals surface area (Å²) in [7, 11) is 0. The molecule has 0 atom stereocenters. The Bertz CT molecular complexity index is 1630. The maximum atomic E-state index is 5.17. The van der Waals surface area contributed by atoms with Crippen LogP contribution in [0.2, 0.25) is 0 Å². The van der Waals surface area contributed by atoms with Crippen LogP contribution in [-0.2, 0) is 26.5 Å². The van der Waals surface area contributed by atoms with E-state index >= 15 is 0 Å². The monoisotopic (exact) mass is 615 g/mol. The summed E-state index contributed by atoms with van der Waals surface area (Å²) < 4.78 is 0. The molecule has 2 aromatic heterocycles. The molecule has 7 rings (SSSR count). The SMILES string of the molecule is CC1(C)c2[c-]c(ccc2)-c2ccc3ccc4ccc5ccc(nc5c4c3n2)-c2[c-]c1ccc2.[Pt+2]. The molecule has 2 nitrogen and oxygen atoms in total. The molecule has 0 unspecified atom stereocenters. The summed E-state index contributed by atoms with van der Waals surface area (Å²) in [6, 6.07) is 37.2. The van der Waals surface area contributed by atoms with E-state index in [1.807, 2.05) is 0 Å². The molecule has 0 amide bonds. The van der Waals surface area contributed by atoms with Gasteiger partial charge in [0.05, 0.1) is 11.0 Å². The second kappa shape index (κ2) is 7.58. The molecule has 6 aromatic rings. The fourth-order valence-corrected chi connectivity index (χ4v) is 4.99. The second-order valence-electron chi connectivity index (χ2n) is 9.35. The molecule has 0 fully saturated rings. The van der Waals surface area contributed by atoms with E-state index in [0.29, 0.717) is 0 Å². The van der Waals surface area contributed by atoms with E-state index in [4.69, 9.17) is 9.97 Å². The topological polar surface area (TPSA) is 25.8 Å². The van der Waals surface area contributed by atoms with Crippen LogP contribution >= 0.6 is 0 Å². The van der Waals surface area contributed by atoms with Crippen molar-refractivity contribution in [3.63, 3.8) is 0 Å². The van der Waals surface area contributed by atoms with Crippen molar-refractivity contribution in [2.45, 2.75) is 19.3 Å². The molecule has 4 aromatic carbocycles. The van der Waals surface area contributed by atoms with Crippen molar-refractivity contribution in [3.05, 3.63) is 108 Å². The van der Waals surface area contributed by atoms with Gasteiger partial charge in [-0.2, -0.15) is 0 Å². The summed E-state index contributed by atoms with van der Waals surface area (Å²) in [5, 5.41) is 4.47. The van der Waals surface area contributed by atoms with Gasteiger partial charge in [-0.05, 0) is 33.0 Å². The van der Waals surface area contributed by atoms with Crippen LogP contribution in [0.4, 0.5) is 0 Å². The minimum Gasteiger partial charge on any atom is -0.296 e. The first-order chi connectivity index (χ1) is 16.1. The molecule has 0 N–H and O–H groups in total. The largest absolute Gasteiger partial charge is 2.00 e. The average molecular weight is 616 g/mol. The fraction of sp³-hybridized carbons (Fsp3) is 0.0968. The third-order valence-electron chi connectivity index (χ3n) is 6.99. The van der Waals surface area contributed by atoms with Gasteiger partial charge in [-0.3, -0.25) is 9.97 Å². The molecular formula is C31H20N2Pt. The van der Waals surface area contributed by atoms with Crippen molar-refractivity contribution in [1.29, 1.82) is 0 Å². The normalized spacial score (nSPS) is 13.6. The summed E-state index contributed by atoms with van der Waals surface area (Å²) >= 11 is 0. The summed E-state index contributed by atoms with van der Waals surface area (Å²) in [6.07, 6.45) is 0. The average Bonchev–Trinajstić information content (AvgIpc) is 2.87. The van der Waals surface area contributed by atoms with Crippen LogP contribution in [0, 0.1) is 12.1 Å². The van der Waals surface area contributed by atoms with Gasteiger partial charge < -0.3 is 0 Å². The molecule has 8 bridgehead atoms. The summed E-state index contributed by atoms with van der Waals surface area (Å²) in [4.78, 5) is 10.3. The van der Waals surface area contributed by atoms with E-state index in [1.54, 1.807) is 0 Å². The van der Waals surface area contributed by atoms with Crippen LogP contribution in [-0.4, -0.2) is 9.97 Å². The van der Waals surface area contributed by atoms with E-state index in [0.717, 1.165) is 66.2 Å². The van der Waals surface area contributed by atoms with Crippen LogP contribution in [0.3, 0.4) is 0 Å². The zero-order chi connectivity index (χ0) is 22.2. The van der Waals surface area contributed by atoms with Gasteiger partial charge in [-0.1, -0.05) is 62.4 Å². The molecule has 1 aliphatic heterocycles. The maximum Gasteiger partial charge on any atom is 2.00 e. The number of fused-ring (bicyclic) bond motifs is 8. The Morgan fingerprint density at radius 1 is 0.559 bits per heavy atom. The molecular weight excluding hydrogens is 595 g/mol. The van der Waals surface area contributed by atoms with Gasteiger partial charge in [0.15, 0.2) is 0 Å². The van der Waals surface area contributed by atoms with Crippen molar-refractivity contribution in [3.8, 4) is 22.5 Å². The maximum absolute atomic E-state index is 5.17. The molecule has 0 aliphatic carbocycles. The summed E-state index contributed by atoms with van der Waals surface area (Å²) in [6.45, 7) is 4.46. The Balaban J connectivity index is 0.00000217. The zero-order valence-electron chi connectivity index (χ0n) is 18.8. The van der Waals surface area contributed by atoms with Crippen molar-refractivity contribution in [2.75, 3.05) is 0 Å². The molecule has 0 spiro atoms. The minimum atomic E-state index is -0.262. The molecule has 0 radical (unpaired) electrons. The third kappa shape index (κ3) is 3.06. The van der Waals surface area contributed by atoms with Crippen LogP contribution < -0.4 is 0 Å². The first-order valence-corrected chi connectivity index (χ1v) is 11.3. The van der Waals surface area contributed by atoms with E-state index in [9.17, 15) is 0 Å². The van der Waals surface area contributed by atoms with Crippen LogP contribution in [0.5, 0.6) is 0 Å². The number of nitrogens with zero attached hydrogens (tertiary/aromatic N) is 2. The van der Waals surface area contributed by atoms with Gasteiger partial charge in [0.1, 0.15) is 0 Å². The number of rotatable bonds is 0. The van der Waals surface area contributed by atoms with Gasteiger partial charge in [0.2, 0.25) is 0 Å². The summed E-state index contributed by atoms with van der Waals surface area (Å²) in [5.74, 6) is 0. The number of hydrogen-bond acceptors (Lipinski definition) is 2. The van der Waals surface area contributed by atoms with E-state index < -0.39 is 0 Å². The first-order valence-electron chi connectivity index (χ1n) is 11.3. The predicted molar refractivity (Wildman–Crippen MR) is 135 cm³/mol. The fourth-order valence-electron chi connectivity index (χ4n) is 4.99. The van der Waals surface area contributed by atoms with Crippen molar-refractivity contribution >= 4 is 32.6 Å². The molecule has 164 valence electrons. The van der Waals surface area contributed by atoms with Crippen molar-refractivity contribution < 1.29 is 21.1 Å². The van der Waals surface area contributed by atoms with Crippen molar-refractivity contribution in [1.82, 2.24) is 9.97 Å². The number of pyridine rings is 2. The minimum absolute atomic E-state index is 0. The summed E-state index contributed by atoms with van der Waals surface area (Å²) in [5.41, 5.74) is 7.79. The molecule has 34 heavy (non-hydrogen) atoms. The van der Waals surface area contributed by atoms with Gasteiger partial charge >= 0.3 is 21.1 Å². The Kier molecular flexibility index (Phi) is 4.73. The van der Waals surface area contributed by atoms with Gasteiger partial charge in [-0.25, -0.2) is 0 Å². The van der Waals surface area contributed by atoms with Gasteiger partial charge in [0, 0.05) is 5.39 Å². The van der Waals surface area contributed by atoms with Crippen molar-refractivity contribution in [2.24, 2.45) is 0 Å².